The number of hydrogen-bond donors (Lipinski definition) is 2. The number of nitrogens with one attached hydrogen (secondary N) is 2. The Labute approximate surface area is 111 Å². The van der Waals surface area contributed by atoms with E-state index in [-0.39, 0.29) is 30.8 Å². The van der Waals surface area contributed by atoms with E-state index in [4.69, 9.17) is 0 Å². The van der Waals surface area contributed by atoms with E-state index in [2.05, 4.69) is 10.6 Å². The second-order valence-corrected chi connectivity index (χ2v) is 3.87. The summed E-state index contributed by atoms with van der Waals surface area (Å²) in [5.74, 6) is -1.01. The van der Waals surface area contributed by atoms with Gasteiger partial charge in [-0.05, 0) is 12.1 Å². The molecule has 0 unspecified atom stereocenters. The zero-order chi connectivity index (χ0) is 14.3. The predicted octanol–water partition coefficient (Wildman–Crippen LogP) is -0.379. The molecule has 0 radical (unpaired) electrons. The number of nitrogens with zero attached hydrogens (tertiary/aromatic N) is 1. The fraction of sp³-hybridized carbons (Fsp3) is 0.308. The van der Waals surface area contributed by atoms with Gasteiger partial charge in [0.15, 0.2) is 0 Å². The number of rotatable bonds is 5. The third kappa shape index (κ3) is 4.42. The van der Waals surface area contributed by atoms with E-state index in [1.54, 1.807) is 30.3 Å². The van der Waals surface area contributed by atoms with Crippen LogP contribution < -0.4 is 10.6 Å². The summed E-state index contributed by atoms with van der Waals surface area (Å²) >= 11 is 0. The van der Waals surface area contributed by atoms with Crippen LogP contribution in [0.1, 0.15) is 10.4 Å². The number of hydrogen-bond acceptors (Lipinski definition) is 3. The fourth-order valence-electron chi connectivity index (χ4n) is 1.47. The molecule has 6 nitrogen and oxygen atoms in total. The smallest absolute Gasteiger partial charge is 0.254 e. The highest BCUT2D eigenvalue weighted by atomic mass is 16.2. The molecule has 0 spiro atoms. The van der Waals surface area contributed by atoms with Crippen LogP contribution in [0.5, 0.6) is 0 Å². The van der Waals surface area contributed by atoms with Crippen LogP contribution in [0.4, 0.5) is 0 Å². The molecule has 2 N–H and O–H groups in total. The molecular weight excluding hydrogens is 246 g/mol. The Morgan fingerprint density at radius 1 is 0.947 bits per heavy atom. The molecule has 19 heavy (non-hydrogen) atoms. The SMILES string of the molecule is CNC(=O)CN(CC(=O)NC)C(=O)c1ccccc1. The Bertz CT molecular complexity index is 441. The van der Waals surface area contributed by atoms with Gasteiger partial charge in [0, 0.05) is 19.7 Å². The first-order valence-corrected chi connectivity index (χ1v) is 5.84. The lowest BCUT2D eigenvalue weighted by molar-refractivity contribution is -0.123. The molecule has 0 saturated heterocycles. The van der Waals surface area contributed by atoms with Gasteiger partial charge in [0.05, 0.1) is 0 Å². The fourth-order valence-corrected chi connectivity index (χ4v) is 1.47. The van der Waals surface area contributed by atoms with Crippen molar-refractivity contribution in [2.45, 2.75) is 0 Å². The lowest BCUT2D eigenvalue weighted by atomic mass is 10.2. The Morgan fingerprint density at radius 2 is 1.42 bits per heavy atom. The monoisotopic (exact) mass is 263 g/mol. The molecule has 6 heteroatoms. The van der Waals surface area contributed by atoms with Gasteiger partial charge in [0.25, 0.3) is 5.91 Å². The van der Waals surface area contributed by atoms with Crippen LogP contribution in [0.25, 0.3) is 0 Å². The van der Waals surface area contributed by atoms with Crippen molar-refractivity contribution in [2.75, 3.05) is 27.2 Å². The standard InChI is InChI=1S/C13H17N3O3/c1-14-11(17)8-16(9-12(18)15-2)13(19)10-6-4-3-5-7-10/h3-7H,8-9H2,1-2H3,(H,14,17)(H,15,18). The maximum atomic E-state index is 12.2. The van der Waals surface area contributed by atoms with E-state index >= 15 is 0 Å². The molecule has 0 heterocycles. The largest absolute Gasteiger partial charge is 0.358 e. The van der Waals surface area contributed by atoms with Crippen molar-refractivity contribution in [3.05, 3.63) is 35.9 Å². The topological polar surface area (TPSA) is 78.5 Å². The van der Waals surface area contributed by atoms with Crippen molar-refractivity contribution in [2.24, 2.45) is 0 Å². The average Bonchev–Trinajstić information content (AvgIpc) is 2.46. The lowest BCUT2D eigenvalue weighted by Gasteiger charge is -2.21. The molecule has 1 rings (SSSR count). The van der Waals surface area contributed by atoms with E-state index in [1.165, 1.54) is 19.0 Å². The number of likely N-dealkylation sites (N-methyl/N-ethyl adjacent to an activating group) is 2. The first-order chi connectivity index (χ1) is 9.08. The number of carbonyl (C=O) groups excluding carboxylic acids is 3. The number of carbonyl (C=O) groups is 3. The van der Waals surface area contributed by atoms with Crippen molar-refractivity contribution in [3.63, 3.8) is 0 Å². The Balaban J connectivity index is 2.86. The minimum atomic E-state index is -0.354. The summed E-state index contributed by atoms with van der Waals surface area (Å²) in [6, 6.07) is 8.53. The lowest BCUT2D eigenvalue weighted by Crippen LogP contribution is -2.44. The first kappa shape index (κ1) is 14.7. The maximum absolute atomic E-state index is 12.2. The highest BCUT2D eigenvalue weighted by Gasteiger charge is 2.20. The number of benzene rings is 1. The molecule has 0 aliphatic carbocycles. The van der Waals surface area contributed by atoms with Gasteiger partial charge in [-0.1, -0.05) is 18.2 Å². The Morgan fingerprint density at radius 3 is 1.84 bits per heavy atom. The summed E-state index contributed by atoms with van der Waals surface area (Å²) in [4.78, 5) is 36.2. The molecule has 1 aromatic carbocycles. The third-order valence-electron chi connectivity index (χ3n) is 2.53. The van der Waals surface area contributed by atoms with Crippen molar-refractivity contribution < 1.29 is 14.4 Å². The first-order valence-electron chi connectivity index (χ1n) is 5.84. The van der Waals surface area contributed by atoms with Gasteiger partial charge >= 0.3 is 0 Å². The van der Waals surface area contributed by atoms with E-state index in [9.17, 15) is 14.4 Å². The molecule has 1 aromatic rings. The van der Waals surface area contributed by atoms with Crippen LogP contribution in [0.2, 0.25) is 0 Å². The van der Waals surface area contributed by atoms with E-state index < -0.39 is 0 Å². The van der Waals surface area contributed by atoms with Gasteiger partial charge in [0.1, 0.15) is 13.1 Å². The summed E-state index contributed by atoms with van der Waals surface area (Å²) in [6.45, 7) is -0.310. The zero-order valence-electron chi connectivity index (χ0n) is 11.0. The van der Waals surface area contributed by atoms with Crippen LogP contribution in [0.3, 0.4) is 0 Å². The van der Waals surface area contributed by atoms with Crippen LogP contribution in [0, 0.1) is 0 Å². The van der Waals surface area contributed by atoms with Gasteiger partial charge in [-0.2, -0.15) is 0 Å². The van der Waals surface area contributed by atoms with Crippen molar-refractivity contribution in [1.29, 1.82) is 0 Å². The van der Waals surface area contributed by atoms with Gasteiger partial charge in [0.2, 0.25) is 11.8 Å². The summed E-state index contributed by atoms with van der Waals surface area (Å²) < 4.78 is 0. The van der Waals surface area contributed by atoms with Gasteiger partial charge in [-0.25, -0.2) is 0 Å². The summed E-state index contributed by atoms with van der Waals surface area (Å²) in [5, 5.41) is 4.86. The molecule has 0 fully saturated rings. The van der Waals surface area contributed by atoms with Crippen LogP contribution in [0.15, 0.2) is 30.3 Å². The molecule has 0 aliphatic heterocycles. The van der Waals surface area contributed by atoms with E-state index in [0.29, 0.717) is 5.56 Å². The van der Waals surface area contributed by atoms with Gasteiger partial charge in [-0.15, -0.1) is 0 Å². The van der Waals surface area contributed by atoms with Crippen molar-refractivity contribution in [1.82, 2.24) is 15.5 Å². The van der Waals surface area contributed by atoms with Crippen molar-refractivity contribution >= 4 is 17.7 Å². The van der Waals surface area contributed by atoms with Crippen LogP contribution in [-0.2, 0) is 9.59 Å². The molecule has 102 valence electrons. The normalized spacial score (nSPS) is 9.58. The van der Waals surface area contributed by atoms with Crippen molar-refractivity contribution in [3.8, 4) is 0 Å². The Hall–Kier alpha value is -2.37. The van der Waals surface area contributed by atoms with Gasteiger partial charge in [-0.3, -0.25) is 14.4 Å². The highest BCUT2D eigenvalue weighted by Crippen LogP contribution is 2.04. The third-order valence-corrected chi connectivity index (χ3v) is 2.53. The predicted molar refractivity (Wildman–Crippen MR) is 70.5 cm³/mol. The highest BCUT2D eigenvalue weighted by molar-refractivity contribution is 5.98. The summed E-state index contributed by atoms with van der Waals surface area (Å²) in [6.07, 6.45) is 0. The van der Waals surface area contributed by atoms with E-state index in [1.807, 2.05) is 0 Å². The van der Waals surface area contributed by atoms with Crippen LogP contribution in [-0.4, -0.2) is 49.8 Å². The second kappa shape index (κ2) is 7.15. The summed E-state index contributed by atoms with van der Waals surface area (Å²) in [5.41, 5.74) is 0.440. The van der Waals surface area contributed by atoms with Gasteiger partial charge < -0.3 is 15.5 Å². The molecule has 0 atom stereocenters. The van der Waals surface area contributed by atoms with Crippen LogP contribution >= 0.6 is 0 Å². The second-order valence-electron chi connectivity index (χ2n) is 3.87. The zero-order valence-corrected chi connectivity index (χ0v) is 11.0. The molecule has 0 aliphatic rings. The van der Waals surface area contributed by atoms with E-state index in [0.717, 1.165) is 0 Å². The molecule has 0 saturated carbocycles. The molecule has 3 amide bonds. The number of amides is 3. The maximum Gasteiger partial charge on any atom is 0.254 e. The summed E-state index contributed by atoms with van der Waals surface area (Å²) in [7, 11) is 2.96. The quantitative estimate of drug-likeness (QED) is 0.760. The molecule has 0 aromatic heterocycles. The molecular formula is C13H17N3O3. The minimum absolute atomic E-state index is 0.155. The minimum Gasteiger partial charge on any atom is -0.358 e. The molecule has 0 bridgehead atoms. The Kier molecular flexibility index (Phi) is 5.53. The average molecular weight is 263 g/mol.